The Labute approximate surface area is 97.0 Å². The Morgan fingerprint density at radius 2 is 2.00 bits per heavy atom. The fourth-order valence-electron chi connectivity index (χ4n) is 1.85. The zero-order valence-electron chi connectivity index (χ0n) is 10.2. The smallest absolute Gasteiger partial charge is 0.122 e. The Hall–Kier alpha value is -1.22. The van der Waals surface area contributed by atoms with Crippen LogP contribution in [0.25, 0.3) is 0 Å². The number of hydrogen-bond donors (Lipinski definition) is 1. The Morgan fingerprint density at radius 3 is 2.50 bits per heavy atom. The lowest BCUT2D eigenvalue weighted by molar-refractivity contribution is 0.254. The highest BCUT2D eigenvalue weighted by molar-refractivity contribution is 5.42. The van der Waals surface area contributed by atoms with Crippen LogP contribution >= 0.6 is 0 Å². The third-order valence-electron chi connectivity index (χ3n) is 2.73. The van der Waals surface area contributed by atoms with Gasteiger partial charge in [0.2, 0.25) is 0 Å². The summed E-state index contributed by atoms with van der Waals surface area (Å²) in [5.41, 5.74) is 1.02. The van der Waals surface area contributed by atoms with Crippen molar-refractivity contribution in [2.45, 2.75) is 25.7 Å². The Morgan fingerprint density at radius 1 is 1.25 bits per heavy atom. The van der Waals surface area contributed by atoms with Crippen LogP contribution in [0.3, 0.4) is 0 Å². The van der Waals surface area contributed by atoms with E-state index in [4.69, 9.17) is 9.47 Å². The van der Waals surface area contributed by atoms with Gasteiger partial charge in [-0.25, -0.2) is 0 Å². The van der Waals surface area contributed by atoms with E-state index in [0.29, 0.717) is 0 Å². The van der Waals surface area contributed by atoms with Gasteiger partial charge in [0.15, 0.2) is 0 Å². The largest absolute Gasteiger partial charge is 0.497 e. The summed E-state index contributed by atoms with van der Waals surface area (Å²) in [7, 11) is 3.28. The van der Waals surface area contributed by atoms with Crippen LogP contribution in [-0.4, -0.2) is 25.9 Å². The molecule has 3 nitrogen and oxygen atoms in total. The maximum Gasteiger partial charge on any atom is 0.122 e. The van der Waals surface area contributed by atoms with Gasteiger partial charge in [0, 0.05) is 11.5 Å². The van der Waals surface area contributed by atoms with Crippen molar-refractivity contribution in [3.05, 3.63) is 23.8 Å². The summed E-state index contributed by atoms with van der Waals surface area (Å²) >= 11 is 0. The quantitative estimate of drug-likeness (QED) is 0.807. The highest BCUT2D eigenvalue weighted by atomic mass is 16.5. The number of methoxy groups -OCH3 is 2. The van der Waals surface area contributed by atoms with Gasteiger partial charge in [-0.3, -0.25) is 0 Å². The molecule has 16 heavy (non-hydrogen) atoms. The van der Waals surface area contributed by atoms with Crippen LogP contribution in [0.15, 0.2) is 18.2 Å². The van der Waals surface area contributed by atoms with Gasteiger partial charge < -0.3 is 14.6 Å². The van der Waals surface area contributed by atoms with Gasteiger partial charge in [-0.05, 0) is 24.6 Å². The number of ether oxygens (including phenoxy) is 2. The highest BCUT2D eigenvalue weighted by Crippen LogP contribution is 2.32. The Balaban J connectivity index is 3.05. The third-order valence-corrected chi connectivity index (χ3v) is 2.73. The van der Waals surface area contributed by atoms with Crippen molar-refractivity contribution in [3.63, 3.8) is 0 Å². The predicted octanol–water partition coefficient (Wildman–Crippen LogP) is 2.58. The van der Waals surface area contributed by atoms with Crippen LogP contribution in [0.1, 0.15) is 31.2 Å². The lowest BCUT2D eigenvalue weighted by Gasteiger charge is -2.17. The van der Waals surface area contributed by atoms with Gasteiger partial charge in [-0.15, -0.1) is 0 Å². The molecule has 0 fully saturated rings. The lowest BCUT2D eigenvalue weighted by Crippen LogP contribution is -2.06. The minimum absolute atomic E-state index is 0.120. The fraction of sp³-hybridized carbons (Fsp3) is 0.538. The van der Waals surface area contributed by atoms with Crippen LogP contribution in [0.5, 0.6) is 11.5 Å². The van der Waals surface area contributed by atoms with Crippen molar-refractivity contribution in [1.82, 2.24) is 0 Å². The molecule has 0 heterocycles. The first-order valence-corrected chi connectivity index (χ1v) is 5.59. The summed E-state index contributed by atoms with van der Waals surface area (Å²) in [4.78, 5) is 0. The molecule has 0 amide bonds. The van der Waals surface area contributed by atoms with Crippen molar-refractivity contribution in [3.8, 4) is 11.5 Å². The van der Waals surface area contributed by atoms with Crippen LogP contribution in [0.2, 0.25) is 0 Å². The fourth-order valence-corrected chi connectivity index (χ4v) is 1.85. The average molecular weight is 224 g/mol. The summed E-state index contributed by atoms with van der Waals surface area (Å²) in [6.07, 6.45) is 1.98. The minimum atomic E-state index is 0.120. The lowest BCUT2D eigenvalue weighted by atomic mass is 9.94. The molecular weight excluding hydrogens is 204 g/mol. The molecule has 0 aliphatic rings. The van der Waals surface area contributed by atoms with Gasteiger partial charge in [0.05, 0.1) is 20.8 Å². The molecule has 1 aromatic carbocycles. The number of benzene rings is 1. The first-order valence-electron chi connectivity index (χ1n) is 5.59. The van der Waals surface area contributed by atoms with Crippen LogP contribution in [0.4, 0.5) is 0 Å². The molecule has 1 unspecified atom stereocenters. The van der Waals surface area contributed by atoms with Crippen LogP contribution in [-0.2, 0) is 0 Å². The second-order valence-corrected chi connectivity index (χ2v) is 3.78. The number of rotatable bonds is 6. The zero-order valence-corrected chi connectivity index (χ0v) is 10.2. The molecule has 0 saturated carbocycles. The summed E-state index contributed by atoms with van der Waals surface area (Å²) in [5, 5.41) is 9.40. The van der Waals surface area contributed by atoms with Gasteiger partial charge in [0.25, 0.3) is 0 Å². The van der Waals surface area contributed by atoms with E-state index in [2.05, 4.69) is 6.92 Å². The number of aliphatic hydroxyl groups is 1. The molecule has 3 heteroatoms. The van der Waals surface area contributed by atoms with E-state index in [9.17, 15) is 5.11 Å². The molecule has 0 radical (unpaired) electrons. The number of hydrogen-bond acceptors (Lipinski definition) is 3. The van der Waals surface area contributed by atoms with Gasteiger partial charge >= 0.3 is 0 Å². The third kappa shape index (κ3) is 2.89. The Bertz CT molecular complexity index is 323. The molecule has 1 rings (SSSR count). The van der Waals surface area contributed by atoms with Gasteiger partial charge in [-0.2, -0.15) is 0 Å². The first kappa shape index (κ1) is 12.8. The van der Waals surface area contributed by atoms with Crippen LogP contribution in [0, 0.1) is 0 Å². The SMILES string of the molecule is CCCC(CO)c1cc(OC)ccc1OC. The molecule has 90 valence electrons. The maximum absolute atomic E-state index is 9.40. The molecule has 0 aromatic heterocycles. The van der Waals surface area contributed by atoms with Gasteiger partial charge in [-0.1, -0.05) is 13.3 Å². The molecule has 0 aliphatic heterocycles. The molecule has 0 saturated heterocycles. The normalized spacial score (nSPS) is 12.2. The topological polar surface area (TPSA) is 38.7 Å². The van der Waals surface area contributed by atoms with E-state index < -0.39 is 0 Å². The van der Waals surface area contributed by atoms with E-state index in [0.717, 1.165) is 29.9 Å². The molecule has 0 bridgehead atoms. The molecule has 0 spiro atoms. The van der Waals surface area contributed by atoms with E-state index in [1.807, 2.05) is 18.2 Å². The number of aliphatic hydroxyl groups excluding tert-OH is 1. The summed E-state index contributed by atoms with van der Waals surface area (Å²) in [6.45, 7) is 2.24. The van der Waals surface area contributed by atoms with Gasteiger partial charge in [0.1, 0.15) is 11.5 Å². The highest BCUT2D eigenvalue weighted by Gasteiger charge is 2.15. The van der Waals surface area contributed by atoms with Crippen LogP contribution < -0.4 is 9.47 Å². The average Bonchev–Trinajstić information content (AvgIpc) is 2.35. The molecule has 1 atom stereocenters. The standard InChI is InChI=1S/C13H20O3/c1-4-5-10(9-14)12-8-11(15-2)6-7-13(12)16-3/h6-8,10,14H,4-5,9H2,1-3H3. The summed E-state index contributed by atoms with van der Waals surface area (Å²) < 4.78 is 10.5. The summed E-state index contributed by atoms with van der Waals surface area (Å²) in [6, 6.07) is 5.69. The second-order valence-electron chi connectivity index (χ2n) is 3.78. The Kier molecular flexibility index (Phi) is 5.12. The monoisotopic (exact) mass is 224 g/mol. The maximum atomic E-state index is 9.40. The molecular formula is C13H20O3. The molecule has 1 N–H and O–H groups in total. The zero-order chi connectivity index (χ0) is 12.0. The summed E-state index contributed by atoms with van der Waals surface area (Å²) in [5.74, 6) is 1.73. The second kappa shape index (κ2) is 6.38. The van der Waals surface area contributed by atoms with E-state index in [1.54, 1.807) is 14.2 Å². The van der Waals surface area contributed by atoms with Crippen molar-refractivity contribution in [2.75, 3.05) is 20.8 Å². The molecule has 1 aromatic rings. The minimum Gasteiger partial charge on any atom is -0.497 e. The van der Waals surface area contributed by atoms with E-state index in [-0.39, 0.29) is 12.5 Å². The van der Waals surface area contributed by atoms with Crippen molar-refractivity contribution in [1.29, 1.82) is 0 Å². The van der Waals surface area contributed by atoms with E-state index >= 15 is 0 Å². The first-order chi connectivity index (χ1) is 7.76. The van der Waals surface area contributed by atoms with E-state index in [1.165, 1.54) is 0 Å². The van der Waals surface area contributed by atoms with Crippen molar-refractivity contribution >= 4 is 0 Å². The van der Waals surface area contributed by atoms with Crippen molar-refractivity contribution in [2.24, 2.45) is 0 Å². The molecule has 0 aliphatic carbocycles. The van der Waals surface area contributed by atoms with Crippen molar-refractivity contribution < 1.29 is 14.6 Å². The predicted molar refractivity (Wildman–Crippen MR) is 64.3 cm³/mol.